The standard InChI is InChI=1S/C19H29N3O2/c1-15(16-7-4-3-5-8-16)22-11-10-17(13-22)20-19(23)21(2)14-18-9-6-12-24-18/h3-5,7-8,15,17-18H,6,9-14H2,1-2H3,(H,20,23)/t15-,17+,18-/m1/s1. The van der Waals surface area contributed by atoms with E-state index in [1.165, 1.54) is 5.56 Å². The van der Waals surface area contributed by atoms with Gasteiger partial charge in [-0.1, -0.05) is 30.3 Å². The number of likely N-dealkylation sites (tertiary alicyclic amines) is 1. The summed E-state index contributed by atoms with van der Waals surface area (Å²) >= 11 is 0. The quantitative estimate of drug-likeness (QED) is 0.902. The number of nitrogens with zero attached hydrogens (tertiary/aromatic N) is 2. The van der Waals surface area contributed by atoms with Gasteiger partial charge in [0.1, 0.15) is 0 Å². The van der Waals surface area contributed by atoms with Crippen LogP contribution in [-0.4, -0.2) is 61.3 Å². The summed E-state index contributed by atoms with van der Waals surface area (Å²) in [5.41, 5.74) is 1.33. The molecule has 0 aromatic heterocycles. The van der Waals surface area contributed by atoms with Gasteiger partial charge in [0, 0.05) is 45.4 Å². The minimum Gasteiger partial charge on any atom is -0.376 e. The van der Waals surface area contributed by atoms with Crippen LogP contribution in [0.5, 0.6) is 0 Å². The van der Waals surface area contributed by atoms with Crippen molar-refractivity contribution in [2.24, 2.45) is 0 Å². The fourth-order valence-corrected chi connectivity index (χ4v) is 3.66. The van der Waals surface area contributed by atoms with Crippen molar-refractivity contribution in [1.82, 2.24) is 15.1 Å². The fourth-order valence-electron chi connectivity index (χ4n) is 3.66. The van der Waals surface area contributed by atoms with E-state index in [4.69, 9.17) is 4.74 Å². The van der Waals surface area contributed by atoms with Gasteiger partial charge in [0.05, 0.1) is 6.10 Å². The molecule has 5 heteroatoms. The van der Waals surface area contributed by atoms with Crippen LogP contribution in [0, 0.1) is 0 Å². The maximum Gasteiger partial charge on any atom is 0.317 e. The minimum atomic E-state index is 0.0183. The second-order valence-electron chi connectivity index (χ2n) is 7.03. The van der Waals surface area contributed by atoms with Crippen molar-refractivity contribution in [1.29, 1.82) is 0 Å². The highest BCUT2D eigenvalue weighted by Crippen LogP contribution is 2.24. The first-order valence-corrected chi connectivity index (χ1v) is 9.05. The van der Waals surface area contributed by atoms with Crippen LogP contribution in [0.3, 0.4) is 0 Å². The molecule has 1 N–H and O–H groups in total. The highest BCUT2D eigenvalue weighted by molar-refractivity contribution is 5.74. The van der Waals surface area contributed by atoms with Gasteiger partial charge in [0.25, 0.3) is 0 Å². The van der Waals surface area contributed by atoms with E-state index in [1.807, 2.05) is 13.1 Å². The maximum atomic E-state index is 12.4. The molecule has 3 rings (SSSR count). The minimum absolute atomic E-state index is 0.0183. The van der Waals surface area contributed by atoms with Crippen LogP contribution in [0.4, 0.5) is 4.79 Å². The Kier molecular flexibility index (Phi) is 5.74. The van der Waals surface area contributed by atoms with Gasteiger partial charge in [-0.05, 0) is 31.7 Å². The average Bonchev–Trinajstić information content (AvgIpc) is 3.27. The fraction of sp³-hybridized carbons (Fsp3) is 0.632. The van der Waals surface area contributed by atoms with Crippen molar-refractivity contribution in [3.05, 3.63) is 35.9 Å². The molecule has 1 aromatic rings. The van der Waals surface area contributed by atoms with E-state index in [1.54, 1.807) is 4.90 Å². The van der Waals surface area contributed by atoms with E-state index in [-0.39, 0.29) is 18.2 Å². The first-order chi connectivity index (χ1) is 11.6. The van der Waals surface area contributed by atoms with E-state index < -0.39 is 0 Å². The number of ether oxygens (including phenoxy) is 1. The zero-order chi connectivity index (χ0) is 16.9. The van der Waals surface area contributed by atoms with E-state index in [0.717, 1.165) is 39.0 Å². The summed E-state index contributed by atoms with van der Waals surface area (Å²) in [5.74, 6) is 0. The number of urea groups is 1. The Morgan fingerprint density at radius 2 is 2.17 bits per heavy atom. The summed E-state index contributed by atoms with van der Waals surface area (Å²) in [6.45, 7) is 5.69. The van der Waals surface area contributed by atoms with Gasteiger partial charge >= 0.3 is 6.03 Å². The van der Waals surface area contributed by atoms with Crippen LogP contribution in [0.15, 0.2) is 30.3 Å². The van der Waals surface area contributed by atoms with E-state index >= 15 is 0 Å². The van der Waals surface area contributed by atoms with Gasteiger partial charge in [-0.2, -0.15) is 0 Å². The molecule has 3 atom stereocenters. The van der Waals surface area contributed by atoms with Crippen LogP contribution in [0.2, 0.25) is 0 Å². The van der Waals surface area contributed by atoms with Crippen molar-refractivity contribution in [2.45, 2.75) is 44.4 Å². The van der Waals surface area contributed by atoms with Crippen molar-refractivity contribution in [3.8, 4) is 0 Å². The second-order valence-corrected chi connectivity index (χ2v) is 7.03. The van der Waals surface area contributed by atoms with Crippen molar-refractivity contribution < 1.29 is 9.53 Å². The predicted octanol–water partition coefficient (Wildman–Crippen LogP) is 2.64. The zero-order valence-electron chi connectivity index (χ0n) is 14.8. The third kappa shape index (κ3) is 4.28. The Hall–Kier alpha value is -1.59. The predicted molar refractivity (Wildman–Crippen MR) is 95.0 cm³/mol. The summed E-state index contributed by atoms with van der Waals surface area (Å²) < 4.78 is 5.61. The second kappa shape index (κ2) is 7.99. The SMILES string of the molecule is C[C@H](c1ccccc1)N1CC[C@H](NC(=O)N(C)C[C@H]2CCCO2)C1. The number of rotatable bonds is 5. The molecule has 1 aromatic carbocycles. The van der Waals surface area contributed by atoms with Crippen LogP contribution < -0.4 is 5.32 Å². The average molecular weight is 331 g/mol. The number of hydrogen-bond acceptors (Lipinski definition) is 3. The molecule has 2 amide bonds. The largest absolute Gasteiger partial charge is 0.376 e. The molecule has 2 heterocycles. The number of hydrogen-bond donors (Lipinski definition) is 1. The first-order valence-electron chi connectivity index (χ1n) is 9.05. The van der Waals surface area contributed by atoms with Gasteiger partial charge in [-0.15, -0.1) is 0 Å². The third-order valence-corrected chi connectivity index (χ3v) is 5.23. The Morgan fingerprint density at radius 1 is 1.38 bits per heavy atom. The van der Waals surface area contributed by atoms with E-state index in [2.05, 4.69) is 41.4 Å². The lowest BCUT2D eigenvalue weighted by atomic mass is 10.1. The first kappa shape index (κ1) is 17.2. The lowest BCUT2D eigenvalue weighted by Crippen LogP contribution is -2.46. The molecule has 2 aliphatic rings. The van der Waals surface area contributed by atoms with Gasteiger partial charge in [0.15, 0.2) is 0 Å². The van der Waals surface area contributed by atoms with Crippen LogP contribution in [0.1, 0.15) is 37.8 Å². The molecule has 0 saturated carbocycles. The third-order valence-electron chi connectivity index (χ3n) is 5.23. The highest BCUT2D eigenvalue weighted by atomic mass is 16.5. The summed E-state index contributed by atoms with van der Waals surface area (Å²) in [4.78, 5) is 16.6. The molecule has 24 heavy (non-hydrogen) atoms. The van der Waals surface area contributed by atoms with Crippen molar-refractivity contribution >= 4 is 6.03 Å². The number of amides is 2. The van der Waals surface area contributed by atoms with Crippen LogP contribution in [-0.2, 0) is 4.74 Å². The van der Waals surface area contributed by atoms with Gasteiger partial charge in [-0.3, -0.25) is 4.90 Å². The van der Waals surface area contributed by atoms with Gasteiger partial charge < -0.3 is 15.0 Å². The summed E-state index contributed by atoms with van der Waals surface area (Å²) in [7, 11) is 1.86. The molecule has 0 unspecified atom stereocenters. The molecule has 2 fully saturated rings. The van der Waals surface area contributed by atoms with Crippen molar-refractivity contribution in [3.63, 3.8) is 0 Å². The summed E-state index contributed by atoms with van der Waals surface area (Å²) in [6, 6.07) is 11.2. The Balaban J connectivity index is 1.46. The maximum absolute atomic E-state index is 12.4. The number of carbonyl (C=O) groups excluding carboxylic acids is 1. The van der Waals surface area contributed by atoms with E-state index in [0.29, 0.717) is 12.6 Å². The Morgan fingerprint density at radius 3 is 2.88 bits per heavy atom. The summed E-state index contributed by atoms with van der Waals surface area (Å²) in [5, 5.41) is 3.18. The molecular weight excluding hydrogens is 302 g/mol. The highest BCUT2D eigenvalue weighted by Gasteiger charge is 2.29. The molecule has 0 aliphatic carbocycles. The van der Waals surface area contributed by atoms with Gasteiger partial charge in [-0.25, -0.2) is 4.79 Å². The number of benzene rings is 1. The van der Waals surface area contributed by atoms with Crippen LogP contribution >= 0.6 is 0 Å². The Labute approximate surface area is 145 Å². The van der Waals surface area contributed by atoms with Gasteiger partial charge in [0.2, 0.25) is 0 Å². The number of carbonyl (C=O) groups is 1. The number of likely N-dealkylation sites (N-methyl/N-ethyl adjacent to an activating group) is 1. The number of nitrogens with one attached hydrogen (secondary N) is 1. The summed E-state index contributed by atoms with van der Waals surface area (Å²) in [6.07, 6.45) is 3.38. The van der Waals surface area contributed by atoms with Crippen molar-refractivity contribution in [2.75, 3.05) is 33.3 Å². The molecule has 0 radical (unpaired) electrons. The normalized spacial score (nSPS) is 25.6. The molecule has 0 spiro atoms. The van der Waals surface area contributed by atoms with E-state index in [9.17, 15) is 4.79 Å². The van der Waals surface area contributed by atoms with Crippen LogP contribution in [0.25, 0.3) is 0 Å². The lowest BCUT2D eigenvalue weighted by molar-refractivity contribution is 0.0870. The molecular formula is C19H29N3O2. The molecule has 2 saturated heterocycles. The molecule has 0 bridgehead atoms. The smallest absolute Gasteiger partial charge is 0.317 e. The molecule has 5 nitrogen and oxygen atoms in total. The molecule has 2 aliphatic heterocycles. The molecule has 132 valence electrons. The zero-order valence-corrected chi connectivity index (χ0v) is 14.8. The Bertz CT molecular complexity index is 531. The monoisotopic (exact) mass is 331 g/mol. The lowest BCUT2D eigenvalue weighted by Gasteiger charge is -2.26. The topological polar surface area (TPSA) is 44.8 Å².